The molecule has 2 heterocycles. The third-order valence-electron chi connectivity index (χ3n) is 5.08. The summed E-state index contributed by atoms with van der Waals surface area (Å²) in [5.74, 6) is -0.537. The highest BCUT2D eigenvalue weighted by atomic mass is 35.5. The minimum Gasteiger partial charge on any atom is -0.478 e. The second kappa shape index (κ2) is 8.46. The number of aryl methyl sites for hydroxylation is 1. The fourth-order valence-corrected chi connectivity index (χ4v) is 5.08. The summed E-state index contributed by atoms with van der Waals surface area (Å²) in [5.41, 5.74) is 5.00. The van der Waals surface area contributed by atoms with Crippen LogP contribution in [0.3, 0.4) is 0 Å². The molecule has 0 atom stereocenters. The van der Waals surface area contributed by atoms with Crippen molar-refractivity contribution in [2.75, 3.05) is 5.32 Å². The minimum atomic E-state index is -0.994. The predicted octanol–water partition coefficient (Wildman–Crippen LogP) is 6.42. The van der Waals surface area contributed by atoms with E-state index < -0.39 is 5.97 Å². The number of aromatic carboxylic acids is 1. The smallest absolute Gasteiger partial charge is 0.337 e. The Balaban J connectivity index is 1.64. The number of fused-ring (bicyclic) bond motifs is 1. The lowest BCUT2D eigenvalue weighted by Gasteiger charge is -2.06. The number of H-pyrrole nitrogens is 1. The number of thioether (sulfide) groups is 1. The molecule has 0 spiro atoms. The van der Waals surface area contributed by atoms with Crippen LogP contribution in [0.4, 0.5) is 5.69 Å². The molecular weight excluding hydrogens is 455 g/mol. The fourth-order valence-electron chi connectivity index (χ4n) is 3.64. The monoisotopic (exact) mass is 472 g/mol. The van der Waals surface area contributed by atoms with Crippen LogP contribution in [0.15, 0.2) is 41.3 Å². The van der Waals surface area contributed by atoms with E-state index in [1.165, 1.54) is 0 Å². The molecule has 0 bridgehead atoms. The second-order valence-electron chi connectivity index (χ2n) is 7.25. The van der Waals surface area contributed by atoms with Gasteiger partial charge in [0.05, 0.1) is 11.1 Å². The minimum absolute atomic E-state index is 0.220. The topological polar surface area (TPSA) is 82.2 Å². The summed E-state index contributed by atoms with van der Waals surface area (Å²) < 4.78 is 0. The molecule has 0 fully saturated rings. The molecule has 0 saturated heterocycles. The van der Waals surface area contributed by atoms with Gasteiger partial charge in [-0.1, -0.05) is 23.2 Å². The molecule has 2 aromatic carbocycles. The highest BCUT2D eigenvalue weighted by Gasteiger charge is 2.26. The number of halogens is 2. The van der Waals surface area contributed by atoms with E-state index in [0.717, 1.165) is 21.7 Å². The number of carboxylic acid groups (broad SMARTS) is 1. The number of hydrogen-bond donors (Lipinski definition) is 3. The van der Waals surface area contributed by atoms with Gasteiger partial charge in [0.25, 0.3) is 5.91 Å². The van der Waals surface area contributed by atoms with Crippen molar-refractivity contribution in [1.29, 1.82) is 0 Å². The molecule has 8 heteroatoms. The number of carboxylic acids is 1. The Hall–Kier alpha value is -2.67. The van der Waals surface area contributed by atoms with E-state index in [4.69, 9.17) is 23.2 Å². The lowest BCUT2D eigenvalue weighted by Crippen LogP contribution is -2.03. The van der Waals surface area contributed by atoms with E-state index in [1.54, 1.807) is 37.8 Å². The zero-order chi connectivity index (χ0) is 22.3. The van der Waals surface area contributed by atoms with Gasteiger partial charge < -0.3 is 15.4 Å². The van der Waals surface area contributed by atoms with Gasteiger partial charge in [-0.2, -0.15) is 0 Å². The molecule has 158 valence electrons. The SMILES string of the molecule is Cc1[nH]c(/C=C2\C(=O)Nc3ccc(SCc4cc(Cl)cc(Cl)c4)cc32)c(C)c1C(=O)O. The zero-order valence-corrected chi connectivity index (χ0v) is 19.0. The van der Waals surface area contributed by atoms with Gasteiger partial charge >= 0.3 is 5.97 Å². The van der Waals surface area contributed by atoms with Crippen molar-refractivity contribution in [2.45, 2.75) is 24.5 Å². The van der Waals surface area contributed by atoms with Crippen LogP contribution < -0.4 is 5.32 Å². The van der Waals surface area contributed by atoms with Crippen molar-refractivity contribution < 1.29 is 14.7 Å². The van der Waals surface area contributed by atoms with Gasteiger partial charge in [-0.15, -0.1) is 11.8 Å². The van der Waals surface area contributed by atoms with Crippen LogP contribution in [0.2, 0.25) is 10.0 Å². The van der Waals surface area contributed by atoms with Crippen molar-refractivity contribution in [2.24, 2.45) is 0 Å². The van der Waals surface area contributed by atoms with Gasteiger partial charge in [0.2, 0.25) is 0 Å². The number of benzene rings is 2. The summed E-state index contributed by atoms with van der Waals surface area (Å²) in [6.45, 7) is 3.44. The highest BCUT2D eigenvalue weighted by Crippen LogP contribution is 2.37. The van der Waals surface area contributed by atoms with Crippen LogP contribution in [0, 0.1) is 13.8 Å². The number of aromatic nitrogens is 1. The van der Waals surface area contributed by atoms with Crippen molar-refractivity contribution in [3.05, 3.63) is 80.1 Å². The van der Waals surface area contributed by atoms with Crippen molar-refractivity contribution in [3.8, 4) is 0 Å². The summed E-state index contributed by atoms with van der Waals surface area (Å²) in [4.78, 5) is 28.2. The van der Waals surface area contributed by atoms with Crippen molar-refractivity contribution in [3.63, 3.8) is 0 Å². The highest BCUT2D eigenvalue weighted by molar-refractivity contribution is 7.98. The zero-order valence-electron chi connectivity index (χ0n) is 16.7. The number of anilines is 1. The maximum atomic E-state index is 12.6. The van der Waals surface area contributed by atoms with Crippen LogP contribution in [-0.4, -0.2) is 22.0 Å². The predicted molar refractivity (Wildman–Crippen MR) is 126 cm³/mol. The van der Waals surface area contributed by atoms with E-state index in [-0.39, 0.29) is 11.5 Å². The van der Waals surface area contributed by atoms with Crippen LogP contribution in [0.25, 0.3) is 11.6 Å². The quantitative estimate of drug-likeness (QED) is 0.295. The first-order chi connectivity index (χ1) is 14.7. The summed E-state index contributed by atoms with van der Waals surface area (Å²) >= 11 is 13.8. The molecule has 1 aliphatic rings. The lowest BCUT2D eigenvalue weighted by atomic mass is 10.0. The van der Waals surface area contributed by atoms with Gasteiger partial charge in [0, 0.05) is 43.3 Å². The Bertz CT molecular complexity index is 1240. The van der Waals surface area contributed by atoms with Crippen LogP contribution in [0.5, 0.6) is 0 Å². The first kappa shape index (κ1) is 21.6. The molecule has 31 heavy (non-hydrogen) atoms. The summed E-state index contributed by atoms with van der Waals surface area (Å²) in [6, 6.07) is 11.2. The van der Waals surface area contributed by atoms with E-state index in [2.05, 4.69) is 10.3 Å². The normalized spacial score (nSPS) is 14.1. The molecular formula is C23H18Cl2N2O3S. The van der Waals surface area contributed by atoms with Gasteiger partial charge in [-0.25, -0.2) is 4.79 Å². The molecule has 0 unspecified atom stereocenters. The van der Waals surface area contributed by atoms with E-state index >= 15 is 0 Å². The molecule has 1 amide bonds. The third kappa shape index (κ3) is 4.37. The van der Waals surface area contributed by atoms with Crippen LogP contribution >= 0.6 is 35.0 Å². The summed E-state index contributed by atoms with van der Waals surface area (Å²) in [5, 5.41) is 13.5. The largest absolute Gasteiger partial charge is 0.478 e. The Morgan fingerprint density at radius 3 is 2.48 bits per heavy atom. The van der Waals surface area contributed by atoms with Gasteiger partial charge in [-0.3, -0.25) is 4.79 Å². The molecule has 5 nitrogen and oxygen atoms in total. The average Bonchev–Trinajstić information content (AvgIpc) is 3.15. The molecule has 1 aliphatic heterocycles. The fraction of sp³-hybridized carbons (Fsp3) is 0.130. The summed E-state index contributed by atoms with van der Waals surface area (Å²) in [6.07, 6.45) is 1.71. The Labute approximate surface area is 193 Å². The number of amides is 1. The standard InChI is InChI=1S/C23H18Cl2N2O3S/c1-11-20(26-12(2)21(11)23(29)30)9-18-17-8-16(3-4-19(17)27-22(18)28)31-10-13-5-14(24)7-15(25)6-13/h3-9,26H,10H2,1-2H3,(H,27,28)(H,29,30)/b18-9-. The molecule has 0 aliphatic carbocycles. The molecule has 3 N–H and O–H groups in total. The Morgan fingerprint density at radius 2 is 1.84 bits per heavy atom. The van der Waals surface area contributed by atoms with Crippen LogP contribution in [0.1, 0.15) is 38.4 Å². The molecule has 1 aromatic heterocycles. The maximum absolute atomic E-state index is 12.6. The number of nitrogens with one attached hydrogen (secondary N) is 2. The van der Waals surface area contributed by atoms with Gasteiger partial charge in [-0.05, 0) is 67.4 Å². The Morgan fingerprint density at radius 1 is 1.13 bits per heavy atom. The summed E-state index contributed by atoms with van der Waals surface area (Å²) in [7, 11) is 0. The van der Waals surface area contributed by atoms with Crippen LogP contribution in [-0.2, 0) is 10.5 Å². The van der Waals surface area contributed by atoms with E-state index in [1.807, 2.05) is 30.3 Å². The van der Waals surface area contributed by atoms with Crippen molar-refractivity contribution in [1.82, 2.24) is 4.98 Å². The van der Waals surface area contributed by atoms with E-state index in [0.29, 0.717) is 38.3 Å². The Kier molecular flexibility index (Phi) is 5.88. The second-order valence-corrected chi connectivity index (χ2v) is 9.18. The van der Waals surface area contributed by atoms with E-state index in [9.17, 15) is 14.7 Å². The number of aromatic amines is 1. The molecule has 0 saturated carbocycles. The average molecular weight is 473 g/mol. The van der Waals surface area contributed by atoms with Crippen molar-refractivity contribution >= 4 is 64.2 Å². The van der Waals surface area contributed by atoms with Gasteiger partial charge in [0.1, 0.15) is 0 Å². The number of hydrogen-bond acceptors (Lipinski definition) is 3. The first-order valence-corrected chi connectivity index (χ1v) is 11.1. The first-order valence-electron chi connectivity index (χ1n) is 9.40. The van der Waals surface area contributed by atoms with Gasteiger partial charge in [0.15, 0.2) is 0 Å². The molecule has 4 rings (SSSR count). The number of rotatable bonds is 5. The molecule has 3 aromatic rings. The third-order valence-corrected chi connectivity index (χ3v) is 6.58. The maximum Gasteiger partial charge on any atom is 0.337 e. The molecule has 0 radical (unpaired) electrons. The number of carbonyl (C=O) groups is 2. The lowest BCUT2D eigenvalue weighted by molar-refractivity contribution is -0.110. The number of carbonyl (C=O) groups excluding carboxylic acids is 1.